The average molecular weight is 261 g/mol. The minimum Gasteiger partial charge on any atom is -0.385 e. The molecule has 0 spiro atoms. The van der Waals surface area contributed by atoms with Crippen molar-refractivity contribution < 1.29 is 9.59 Å². The summed E-state index contributed by atoms with van der Waals surface area (Å²) in [5, 5.41) is 8.56. The largest absolute Gasteiger partial charge is 0.385 e. The fourth-order valence-electron chi connectivity index (χ4n) is 2.34. The van der Waals surface area contributed by atoms with Crippen LogP contribution in [0.2, 0.25) is 0 Å². The zero-order valence-electron chi connectivity index (χ0n) is 11.2. The summed E-state index contributed by atoms with van der Waals surface area (Å²) in [4.78, 5) is 23.7. The lowest BCUT2D eigenvalue weighted by atomic mass is 9.90. The van der Waals surface area contributed by atoms with Crippen molar-refractivity contribution in [2.75, 3.05) is 18.9 Å². The highest BCUT2D eigenvalue weighted by Gasteiger charge is 2.27. The molecule has 0 saturated heterocycles. The van der Waals surface area contributed by atoms with E-state index < -0.39 is 6.04 Å². The molecular formula is C14H19N3O2. The first-order valence-electron chi connectivity index (χ1n) is 6.48. The molecule has 1 heterocycles. The van der Waals surface area contributed by atoms with Crippen LogP contribution in [0.3, 0.4) is 0 Å². The molecule has 0 aliphatic carbocycles. The molecule has 2 unspecified atom stereocenters. The normalized spacial score (nSPS) is 18.7. The van der Waals surface area contributed by atoms with E-state index in [4.69, 9.17) is 0 Å². The van der Waals surface area contributed by atoms with Gasteiger partial charge in [0.15, 0.2) is 0 Å². The third kappa shape index (κ3) is 2.86. The monoisotopic (exact) mass is 261 g/mol. The molecule has 5 heteroatoms. The van der Waals surface area contributed by atoms with Gasteiger partial charge in [0, 0.05) is 19.3 Å². The van der Waals surface area contributed by atoms with Crippen LogP contribution in [0.1, 0.15) is 24.8 Å². The van der Waals surface area contributed by atoms with Crippen LogP contribution < -0.4 is 16.0 Å². The van der Waals surface area contributed by atoms with Gasteiger partial charge in [-0.05, 0) is 25.0 Å². The van der Waals surface area contributed by atoms with Crippen molar-refractivity contribution in [3.05, 3.63) is 29.8 Å². The van der Waals surface area contributed by atoms with Crippen molar-refractivity contribution in [1.82, 2.24) is 10.6 Å². The zero-order chi connectivity index (χ0) is 13.8. The third-order valence-electron chi connectivity index (χ3n) is 3.40. The molecule has 102 valence electrons. The second-order valence-electron chi connectivity index (χ2n) is 4.70. The molecule has 1 aromatic rings. The summed E-state index contributed by atoms with van der Waals surface area (Å²) < 4.78 is 0. The fourth-order valence-corrected chi connectivity index (χ4v) is 2.34. The van der Waals surface area contributed by atoms with Gasteiger partial charge in [0.2, 0.25) is 11.8 Å². The third-order valence-corrected chi connectivity index (χ3v) is 3.40. The van der Waals surface area contributed by atoms with Gasteiger partial charge in [-0.25, -0.2) is 0 Å². The molecule has 0 saturated carbocycles. The minimum atomic E-state index is -0.514. The van der Waals surface area contributed by atoms with E-state index in [1.807, 2.05) is 24.3 Å². The molecule has 2 atom stereocenters. The van der Waals surface area contributed by atoms with Gasteiger partial charge in [-0.15, -0.1) is 0 Å². The number of para-hydroxylation sites is 1. The number of nitrogens with one attached hydrogen (secondary N) is 3. The molecule has 0 aromatic heterocycles. The first-order valence-corrected chi connectivity index (χ1v) is 6.48. The fraction of sp³-hybridized carbons (Fsp3) is 0.429. The Balaban J connectivity index is 2.11. The molecule has 2 rings (SSSR count). The van der Waals surface area contributed by atoms with Crippen LogP contribution >= 0.6 is 0 Å². The van der Waals surface area contributed by atoms with E-state index in [9.17, 15) is 9.59 Å². The lowest BCUT2D eigenvalue weighted by molar-refractivity contribution is -0.129. The number of benzene rings is 1. The van der Waals surface area contributed by atoms with E-state index in [1.165, 1.54) is 0 Å². The van der Waals surface area contributed by atoms with E-state index in [-0.39, 0.29) is 17.7 Å². The van der Waals surface area contributed by atoms with Crippen LogP contribution in [0.5, 0.6) is 0 Å². The van der Waals surface area contributed by atoms with Crippen LogP contribution in [-0.4, -0.2) is 31.4 Å². The number of anilines is 1. The zero-order valence-corrected chi connectivity index (χ0v) is 11.2. The SMILES string of the molecule is CNC(=O)C(C)NC(=O)C1CCNc2ccccc21. The molecule has 1 aliphatic rings. The van der Waals surface area contributed by atoms with Crippen molar-refractivity contribution in [2.24, 2.45) is 0 Å². The Kier molecular flexibility index (Phi) is 4.04. The average Bonchev–Trinajstić information content (AvgIpc) is 2.45. The topological polar surface area (TPSA) is 70.2 Å². The summed E-state index contributed by atoms with van der Waals surface area (Å²) in [5.74, 6) is -0.467. The Hall–Kier alpha value is -2.04. The molecule has 2 amide bonds. The van der Waals surface area contributed by atoms with Gasteiger partial charge in [0.1, 0.15) is 6.04 Å². The van der Waals surface area contributed by atoms with Gasteiger partial charge in [0.25, 0.3) is 0 Å². The molecule has 0 fully saturated rings. The number of hydrogen-bond donors (Lipinski definition) is 3. The van der Waals surface area contributed by atoms with E-state index in [0.717, 1.165) is 24.2 Å². The molecule has 0 radical (unpaired) electrons. The van der Waals surface area contributed by atoms with E-state index in [0.29, 0.717) is 0 Å². The predicted molar refractivity (Wildman–Crippen MR) is 74.0 cm³/mol. The molecule has 0 bridgehead atoms. The maximum absolute atomic E-state index is 12.3. The summed E-state index contributed by atoms with van der Waals surface area (Å²) in [7, 11) is 1.56. The second-order valence-corrected chi connectivity index (χ2v) is 4.70. The number of carbonyl (C=O) groups is 2. The van der Waals surface area contributed by atoms with Gasteiger partial charge in [-0.2, -0.15) is 0 Å². The highest BCUT2D eigenvalue weighted by Crippen LogP contribution is 2.31. The van der Waals surface area contributed by atoms with Crippen LogP contribution in [0, 0.1) is 0 Å². The van der Waals surface area contributed by atoms with Crippen molar-refractivity contribution >= 4 is 17.5 Å². The van der Waals surface area contributed by atoms with Gasteiger partial charge in [-0.3, -0.25) is 9.59 Å². The highest BCUT2D eigenvalue weighted by atomic mass is 16.2. The van der Waals surface area contributed by atoms with Crippen LogP contribution in [0.25, 0.3) is 0 Å². The van der Waals surface area contributed by atoms with Crippen LogP contribution in [0.4, 0.5) is 5.69 Å². The van der Waals surface area contributed by atoms with Gasteiger partial charge in [0.05, 0.1) is 5.92 Å². The molecule has 1 aliphatic heterocycles. The Morgan fingerprint density at radius 2 is 2.11 bits per heavy atom. The number of likely N-dealkylation sites (N-methyl/N-ethyl adjacent to an activating group) is 1. The van der Waals surface area contributed by atoms with Crippen molar-refractivity contribution in [3.63, 3.8) is 0 Å². The van der Waals surface area contributed by atoms with Crippen molar-refractivity contribution in [2.45, 2.75) is 25.3 Å². The highest BCUT2D eigenvalue weighted by molar-refractivity contribution is 5.91. The Labute approximate surface area is 112 Å². The number of carbonyl (C=O) groups excluding carboxylic acids is 2. The predicted octanol–water partition coefficient (Wildman–Crippen LogP) is 0.836. The molecular weight excluding hydrogens is 242 g/mol. The smallest absolute Gasteiger partial charge is 0.242 e. The number of hydrogen-bond acceptors (Lipinski definition) is 3. The molecule has 3 N–H and O–H groups in total. The van der Waals surface area contributed by atoms with Crippen LogP contribution in [0.15, 0.2) is 24.3 Å². The minimum absolute atomic E-state index is 0.0925. The Morgan fingerprint density at radius 1 is 1.37 bits per heavy atom. The second kappa shape index (κ2) is 5.73. The standard InChI is InChI=1S/C14H19N3O2/c1-9(13(18)15-2)17-14(19)11-7-8-16-12-6-4-3-5-10(11)12/h3-6,9,11,16H,7-8H2,1-2H3,(H,15,18)(H,17,19). The van der Waals surface area contributed by atoms with Gasteiger partial charge in [-0.1, -0.05) is 18.2 Å². The van der Waals surface area contributed by atoms with Gasteiger partial charge < -0.3 is 16.0 Å². The molecule has 5 nitrogen and oxygen atoms in total. The Bertz CT molecular complexity index is 487. The van der Waals surface area contributed by atoms with Crippen molar-refractivity contribution in [3.8, 4) is 0 Å². The first-order chi connectivity index (χ1) is 9.13. The molecule has 19 heavy (non-hydrogen) atoms. The van der Waals surface area contributed by atoms with Crippen molar-refractivity contribution in [1.29, 1.82) is 0 Å². The van der Waals surface area contributed by atoms with Crippen LogP contribution in [-0.2, 0) is 9.59 Å². The maximum atomic E-state index is 12.3. The summed E-state index contributed by atoms with van der Waals surface area (Å²) in [5.41, 5.74) is 2.00. The van der Waals surface area contributed by atoms with E-state index >= 15 is 0 Å². The summed E-state index contributed by atoms with van der Waals surface area (Å²) in [6.45, 7) is 2.45. The lowest BCUT2D eigenvalue weighted by Crippen LogP contribution is -2.46. The summed E-state index contributed by atoms with van der Waals surface area (Å²) in [6, 6.07) is 7.28. The Morgan fingerprint density at radius 3 is 2.84 bits per heavy atom. The quantitative estimate of drug-likeness (QED) is 0.755. The summed E-state index contributed by atoms with van der Waals surface area (Å²) >= 11 is 0. The first kappa shape index (κ1) is 13.4. The van der Waals surface area contributed by atoms with E-state index in [1.54, 1.807) is 14.0 Å². The number of fused-ring (bicyclic) bond motifs is 1. The van der Waals surface area contributed by atoms with E-state index in [2.05, 4.69) is 16.0 Å². The summed E-state index contributed by atoms with van der Waals surface area (Å²) in [6.07, 6.45) is 0.739. The molecule has 1 aromatic carbocycles. The maximum Gasteiger partial charge on any atom is 0.242 e. The number of amides is 2. The van der Waals surface area contributed by atoms with Gasteiger partial charge >= 0.3 is 0 Å². The lowest BCUT2D eigenvalue weighted by Gasteiger charge is -2.26. The number of rotatable bonds is 3.